The lowest BCUT2D eigenvalue weighted by Crippen LogP contribution is -2.05. The molecule has 0 fully saturated rings. The van der Waals surface area contributed by atoms with Crippen LogP contribution in [0.3, 0.4) is 0 Å². The molecule has 0 aromatic carbocycles. The summed E-state index contributed by atoms with van der Waals surface area (Å²) in [6.07, 6.45) is 31.8. The number of aliphatic hydroxyl groups is 1. The van der Waals surface area contributed by atoms with Crippen LogP contribution < -0.4 is 0 Å². The molecule has 0 heterocycles. The molecule has 0 aliphatic carbocycles. The van der Waals surface area contributed by atoms with Crippen LogP contribution in [0.2, 0.25) is 0 Å². The summed E-state index contributed by atoms with van der Waals surface area (Å²) in [5, 5.41) is 18.3. The van der Waals surface area contributed by atoms with Crippen LogP contribution in [0.25, 0.3) is 0 Å². The highest BCUT2D eigenvalue weighted by Gasteiger charge is 2.02. The number of hydrogen-bond acceptors (Lipinski definition) is 2. The van der Waals surface area contributed by atoms with Crippen LogP contribution in [0.15, 0.2) is 72.9 Å². The molecule has 0 aliphatic heterocycles. The molecule has 0 saturated heterocycles. The van der Waals surface area contributed by atoms with Gasteiger partial charge < -0.3 is 10.2 Å². The summed E-state index contributed by atoms with van der Waals surface area (Å²) in [4.78, 5) is 10.2. The average Bonchev–Trinajstić information content (AvgIpc) is 2.64. The van der Waals surface area contributed by atoms with E-state index < -0.39 is 5.97 Å². The summed E-state index contributed by atoms with van der Waals surface area (Å²) in [7, 11) is 0. The minimum absolute atomic E-state index is 0.104. The summed E-state index contributed by atoms with van der Waals surface area (Å²) >= 11 is 0. The molecule has 3 nitrogen and oxygen atoms in total. The third-order valence-electron chi connectivity index (χ3n) is 3.92. The van der Waals surface area contributed by atoms with Gasteiger partial charge in [-0.15, -0.1) is 0 Å². The number of carboxylic acid groups (broad SMARTS) is 1. The highest BCUT2D eigenvalue weighted by Crippen LogP contribution is 2.11. The summed E-state index contributed by atoms with van der Waals surface area (Å²) in [6, 6.07) is 0. The highest BCUT2D eigenvalue weighted by atomic mass is 16.4. The fraction of sp³-hybridized carbons (Fsp3) is 0.458. The van der Waals surface area contributed by atoms with Crippen LogP contribution >= 0.6 is 0 Å². The van der Waals surface area contributed by atoms with Crippen molar-refractivity contribution in [2.45, 2.75) is 70.8 Å². The molecule has 1 unspecified atom stereocenters. The van der Waals surface area contributed by atoms with Gasteiger partial charge >= 0.3 is 5.97 Å². The summed E-state index contributed by atoms with van der Waals surface area (Å²) in [5.41, 5.74) is 0. The lowest BCUT2D eigenvalue weighted by molar-refractivity contribution is -0.131. The van der Waals surface area contributed by atoms with Gasteiger partial charge in [0.05, 0.1) is 6.10 Å². The van der Waals surface area contributed by atoms with E-state index in [9.17, 15) is 9.90 Å². The minimum Gasteiger partial charge on any atom is -0.478 e. The zero-order chi connectivity index (χ0) is 20.0. The van der Waals surface area contributed by atoms with Crippen LogP contribution in [0.1, 0.15) is 64.7 Å². The third-order valence-corrected chi connectivity index (χ3v) is 3.92. The molecular weight excluding hydrogens is 336 g/mol. The molecule has 0 saturated carbocycles. The molecule has 0 spiro atoms. The summed E-state index contributed by atoms with van der Waals surface area (Å²) in [6.45, 7) is 2.19. The van der Waals surface area contributed by atoms with Crippen molar-refractivity contribution >= 4 is 5.97 Å². The topological polar surface area (TPSA) is 57.5 Å². The number of rotatable bonds is 16. The van der Waals surface area contributed by atoms with Gasteiger partial charge in [0.1, 0.15) is 0 Å². The largest absolute Gasteiger partial charge is 0.478 e. The van der Waals surface area contributed by atoms with Crippen molar-refractivity contribution in [3.05, 3.63) is 72.9 Å². The number of carboxylic acids is 1. The molecule has 1 atom stereocenters. The van der Waals surface area contributed by atoms with Gasteiger partial charge in [-0.2, -0.15) is 0 Å². The number of aliphatic carboxylic acids is 1. The van der Waals surface area contributed by atoms with Gasteiger partial charge in [-0.05, 0) is 25.7 Å². The Morgan fingerprint density at radius 2 is 1.26 bits per heavy atom. The molecule has 0 rings (SSSR count). The Morgan fingerprint density at radius 1 is 0.741 bits per heavy atom. The van der Waals surface area contributed by atoms with E-state index in [-0.39, 0.29) is 6.10 Å². The Bertz CT molecular complexity index is 522. The number of carbonyl (C=O) groups is 1. The van der Waals surface area contributed by atoms with Crippen molar-refractivity contribution in [3.8, 4) is 0 Å². The molecule has 0 bridgehead atoms. The molecule has 0 aliphatic rings. The van der Waals surface area contributed by atoms with Gasteiger partial charge in [-0.1, -0.05) is 106 Å². The maximum Gasteiger partial charge on any atom is 0.328 e. The predicted molar refractivity (Wildman–Crippen MR) is 116 cm³/mol. The fourth-order valence-electron chi connectivity index (χ4n) is 2.42. The van der Waals surface area contributed by atoms with Crippen LogP contribution in [-0.4, -0.2) is 22.3 Å². The summed E-state index contributed by atoms with van der Waals surface area (Å²) < 4.78 is 0. The molecule has 150 valence electrons. The number of aliphatic hydroxyl groups excluding tert-OH is 1. The van der Waals surface area contributed by atoms with E-state index in [1.165, 1.54) is 31.8 Å². The first-order valence-electron chi connectivity index (χ1n) is 10.1. The van der Waals surface area contributed by atoms with E-state index in [1.54, 1.807) is 12.2 Å². The average molecular weight is 373 g/mol. The van der Waals surface area contributed by atoms with Gasteiger partial charge in [0, 0.05) is 6.08 Å². The molecule has 3 heteroatoms. The first kappa shape index (κ1) is 24.9. The van der Waals surface area contributed by atoms with Crippen molar-refractivity contribution in [1.82, 2.24) is 0 Å². The molecule has 0 amide bonds. The van der Waals surface area contributed by atoms with Crippen molar-refractivity contribution in [1.29, 1.82) is 0 Å². The lowest BCUT2D eigenvalue weighted by Gasteiger charge is -2.09. The van der Waals surface area contributed by atoms with Gasteiger partial charge in [0.2, 0.25) is 0 Å². The molecule has 0 aromatic rings. The van der Waals surface area contributed by atoms with Crippen LogP contribution in [-0.2, 0) is 4.79 Å². The molecular formula is C24H36O3. The molecule has 27 heavy (non-hydrogen) atoms. The quantitative estimate of drug-likeness (QED) is 0.190. The smallest absolute Gasteiger partial charge is 0.328 e. The third kappa shape index (κ3) is 21.8. The van der Waals surface area contributed by atoms with Gasteiger partial charge in [-0.25, -0.2) is 4.79 Å². The second-order valence-corrected chi connectivity index (χ2v) is 6.45. The van der Waals surface area contributed by atoms with E-state index in [4.69, 9.17) is 5.11 Å². The van der Waals surface area contributed by atoms with Gasteiger partial charge in [0.15, 0.2) is 0 Å². The second kappa shape index (κ2) is 20.2. The zero-order valence-corrected chi connectivity index (χ0v) is 16.7. The number of allylic oxidation sites excluding steroid dienone is 11. The van der Waals surface area contributed by atoms with Crippen molar-refractivity contribution < 1.29 is 15.0 Å². The van der Waals surface area contributed by atoms with Crippen molar-refractivity contribution in [3.63, 3.8) is 0 Å². The highest BCUT2D eigenvalue weighted by molar-refractivity contribution is 5.80. The van der Waals surface area contributed by atoms with E-state index in [1.807, 2.05) is 36.5 Å². The molecule has 0 aromatic heterocycles. The monoisotopic (exact) mass is 372 g/mol. The molecule has 2 N–H and O–H groups in total. The Kier molecular flexibility index (Phi) is 18.6. The first-order chi connectivity index (χ1) is 13.2. The van der Waals surface area contributed by atoms with E-state index in [2.05, 4.69) is 19.1 Å². The van der Waals surface area contributed by atoms with Crippen molar-refractivity contribution in [2.75, 3.05) is 0 Å². The Hall–Kier alpha value is -2.13. The normalized spacial score (nSPS) is 14.1. The zero-order valence-electron chi connectivity index (χ0n) is 16.7. The lowest BCUT2D eigenvalue weighted by atomic mass is 10.0. The van der Waals surface area contributed by atoms with E-state index >= 15 is 0 Å². The van der Waals surface area contributed by atoms with Crippen molar-refractivity contribution in [2.24, 2.45) is 0 Å². The second-order valence-electron chi connectivity index (χ2n) is 6.45. The van der Waals surface area contributed by atoms with Gasteiger partial charge in [0.25, 0.3) is 0 Å². The Balaban J connectivity index is 3.61. The first-order valence-corrected chi connectivity index (χ1v) is 10.1. The van der Waals surface area contributed by atoms with Crippen LogP contribution in [0.5, 0.6) is 0 Å². The molecule has 0 radical (unpaired) electrons. The Labute approximate surface area is 165 Å². The van der Waals surface area contributed by atoms with Crippen LogP contribution in [0, 0.1) is 0 Å². The number of hydrogen-bond donors (Lipinski definition) is 2. The summed E-state index contributed by atoms with van der Waals surface area (Å²) in [5.74, 6) is -0.946. The number of unbranched alkanes of at least 4 members (excludes halogenated alkanes) is 5. The maximum atomic E-state index is 10.2. The fourth-order valence-corrected chi connectivity index (χ4v) is 2.42. The predicted octanol–water partition coefficient (Wildman–Crippen LogP) is 6.30. The maximum absolute atomic E-state index is 10.2. The SMILES string of the molecule is CCCCCC(O)CCCCCC=CC=CC=CC=CC=CC=CC(=O)O. The van der Waals surface area contributed by atoms with Crippen LogP contribution in [0.4, 0.5) is 0 Å². The Morgan fingerprint density at radius 3 is 1.81 bits per heavy atom. The standard InChI is InChI=1S/C24H36O3/c1-2-3-17-20-23(25)21-18-15-13-11-9-7-5-4-6-8-10-12-14-16-19-22-24(26)27/h4-10,12,14,16,19,22-23,25H,2-3,11,13,15,17-18,20-21H2,1H3,(H,26,27). The van der Waals surface area contributed by atoms with E-state index in [0.717, 1.165) is 38.2 Å². The van der Waals surface area contributed by atoms with Gasteiger partial charge in [-0.3, -0.25) is 0 Å². The minimum atomic E-state index is -0.946. The van der Waals surface area contributed by atoms with E-state index in [0.29, 0.717) is 0 Å².